The maximum absolute atomic E-state index is 13.8. The number of carbonyl (C=O) groups excluding carboxylic acids is 1. The zero-order valence-electron chi connectivity index (χ0n) is 24.6. The maximum atomic E-state index is 13.8. The van der Waals surface area contributed by atoms with Crippen LogP contribution in [0.25, 0.3) is 22.7 Å². The zero-order chi connectivity index (χ0) is 30.7. The molecule has 2 aromatic carbocycles. The molecule has 44 heavy (non-hydrogen) atoms. The summed E-state index contributed by atoms with van der Waals surface area (Å²) >= 11 is 0. The molecule has 0 bridgehead atoms. The standard InChI is InChI=1S/C33H37FN4O5S/c34-25-9-5-24(6-10-25)33-37-30(23-7-11-26(12-8-23)38-15-19-44(40,41)20-16-38)31(43-33)27-3-1-2-4-28(27)32(39)36-29(21-35)22-13-17-42-18-14-22/h5-12,22,27-29H,1-4,13-20H2,(H,36,39)/t27-,28-,29-/m1/s1. The van der Waals surface area contributed by atoms with Crippen molar-refractivity contribution in [1.29, 1.82) is 5.26 Å². The number of benzene rings is 2. The van der Waals surface area contributed by atoms with E-state index < -0.39 is 15.9 Å². The topological polar surface area (TPSA) is 126 Å². The van der Waals surface area contributed by atoms with E-state index in [0.29, 0.717) is 55.6 Å². The van der Waals surface area contributed by atoms with Crippen molar-refractivity contribution >= 4 is 21.4 Å². The van der Waals surface area contributed by atoms with Crippen molar-refractivity contribution in [2.45, 2.75) is 50.5 Å². The van der Waals surface area contributed by atoms with E-state index in [1.54, 1.807) is 12.1 Å². The van der Waals surface area contributed by atoms with Gasteiger partial charge in [0.1, 0.15) is 23.3 Å². The summed E-state index contributed by atoms with van der Waals surface area (Å²) in [6, 6.07) is 15.5. The van der Waals surface area contributed by atoms with Crippen LogP contribution in [0.5, 0.6) is 0 Å². The number of nitrogens with zero attached hydrogens (tertiary/aromatic N) is 3. The Morgan fingerprint density at radius 2 is 1.64 bits per heavy atom. The first kappa shape index (κ1) is 30.3. The minimum absolute atomic E-state index is 0.0594. The average molecular weight is 621 g/mol. The fourth-order valence-electron chi connectivity index (χ4n) is 6.63. The highest BCUT2D eigenvalue weighted by Gasteiger charge is 2.38. The molecule has 11 heteroatoms. The van der Waals surface area contributed by atoms with E-state index in [4.69, 9.17) is 14.1 Å². The number of nitrogens with one attached hydrogen (secondary N) is 1. The van der Waals surface area contributed by atoms with Crippen molar-refractivity contribution in [3.05, 3.63) is 60.1 Å². The molecule has 3 aromatic rings. The molecule has 2 saturated heterocycles. The summed E-state index contributed by atoms with van der Waals surface area (Å²) < 4.78 is 49.4. The number of hydrogen-bond donors (Lipinski definition) is 1. The molecule has 3 aliphatic rings. The number of rotatable bonds is 7. The van der Waals surface area contributed by atoms with E-state index in [0.717, 1.165) is 43.4 Å². The fourth-order valence-corrected chi connectivity index (χ4v) is 7.83. The van der Waals surface area contributed by atoms with Gasteiger partial charge in [0.2, 0.25) is 11.8 Å². The van der Waals surface area contributed by atoms with Gasteiger partial charge in [-0.15, -0.1) is 0 Å². The Hall–Kier alpha value is -3.75. The van der Waals surface area contributed by atoms with Crippen molar-refractivity contribution < 1.29 is 26.8 Å². The lowest BCUT2D eigenvalue weighted by Gasteiger charge is -2.32. The van der Waals surface area contributed by atoms with E-state index in [-0.39, 0.29) is 41.0 Å². The Labute approximate surface area is 257 Å². The Morgan fingerprint density at radius 3 is 2.32 bits per heavy atom. The summed E-state index contributed by atoms with van der Waals surface area (Å²) in [7, 11) is -2.99. The molecule has 3 heterocycles. The van der Waals surface area contributed by atoms with Gasteiger partial charge in [-0.05, 0) is 68.0 Å². The molecule has 3 fully saturated rings. The van der Waals surface area contributed by atoms with Crippen LogP contribution in [-0.2, 0) is 19.4 Å². The van der Waals surface area contributed by atoms with Crippen LogP contribution in [0.1, 0.15) is 50.2 Å². The highest BCUT2D eigenvalue weighted by atomic mass is 32.2. The summed E-state index contributed by atoms with van der Waals surface area (Å²) in [6.45, 7) is 2.08. The molecule has 2 aliphatic heterocycles. The quantitative estimate of drug-likeness (QED) is 0.387. The van der Waals surface area contributed by atoms with Crippen molar-refractivity contribution in [2.75, 3.05) is 42.7 Å². The number of anilines is 1. The van der Waals surface area contributed by atoms with Crippen LogP contribution < -0.4 is 10.2 Å². The third kappa shape index (κ3) is 6.66. The highest BCUT2D eigenvalue weighted by molar-refractivity contribution is 7.91. The molecule has 6 rings (SSSR count). The Balaban J connectivity index is 1.31. The Bertz CT molecular complexity index is 1600. The van der Waals surface area contributed by atoms with Gasteiger partial charge >= 0.3 is 0 Å². The van der Waals surface area contributed by atoms with Gasteiger partial charge in [0.05, 0.1) is 17.6 Å². The highest BCUT2D eigenvalue weighted by Crippen LogP contribution is 2.44. The van der Waals surface area contributed by atoms with Crippen molar-refractivity contribution in [3.8, 4) is 28.8 Å². The number of ether oxygens (including phenoxy) is 1. The van der Waals surface area contributed by atoms with E-state index in [1.807, 2.05) is 24.3 Å². The number of halogens is 1. The lowest BCUT2D eigenvalue weighted by atomic mass is 9.76. The second-order valence-corrected chi connectivity index (χ2v) is 14.3. The molecule has 232 valence electrons. The van der Waals surface area contributed by atoms with Crippen LogP contribution >= 0.6 is 0 Å². The molecule has 1 aliphatic carbocycles. The predicted octanol–water partition coefficient (Wildman–Crippen LogP) is 5.09. The smallest absolute Gasteiger partial charge is 0.226 e. The van der Waals surface area contributed by atoms with E-state index >= 15 is 0 Å². The normalized spacial score (nSPS) is 23.0. The molecular weight excluding hydrogens is 583 g/mol. The minimum atomic E-state index is -2.99. The second kappa shape index (κ2) is 13.1. The van der Waals surface area contributed by atoms with Gasteiger partial charge in [0, 0.05) is 55.0 Å². The number of hydrogen-bond acceptors (Lipinski definition) is 8. The molecule has 1 N–H and O–H groups in total. The van der Waals surface area contributed by atoms with Crippen molar-refractivity contribution in [3.63, 3.8) is 0 Å². The first-order valence-electron chi connectivity index (χ1n) is 15.4. The van der Waals surface area contributed by atoms with Gasteiger partial charge in [0.25, 0.3) is 0 Å². The molecular formula is C33H37FN4O5S. The van der Waals surface area contributed by atoms with Gasteiger partial charge in [-0.25, -0.2) is 17.8 Å². The van der Waals surface area contributed by atoms with Gasteiger partial charge in [-0.1, -0.05) is 25.0 Å². The van der Waals surface area contributed by atoms with Gasteiger partial charge in [-0.2, -0.15) is 5.26 Å². The molecule has 0 unspecified atom stereocenters. The summed E-state index contributed by atoms with van der Waals surface area (Å²) in [5.41, 5.74) is 3.00. The third-order valence-electron chi connectivity index (χ3n) is 9.21. The van der Waals surface area contributed by atoms with E-state index in [2.05, 4.69) is 16.3 Å². The number of nitriles is 1. The summed E-state index contributed by atoms with van der Waals surface area (Å²) in [6.07, 6.45) is 4.71. The third-order valence-corrected chi connectivity index (χ3v) is 10.8. The van der Waals surface area contributed by atoms with Crippen molar-refractivity contribution in [2.24, 2.45) is 11.8 Å². The molecule has 0 spiro atoms. The van der Waals surface area contributed by atoms with Gasteiger partial charge in [0.15, 0.2) is 9.84 Å². The predicted molar refractivity (Wildman–Crippen MR) is 164 cm³/mol. The van der Waals surface area contributed by atoms with Crippen LogP contribution in [0.4, 0.5) is 10.1 Å². The van der Waals surface area contributed by atoms with Gasteiger partial charge < -0.3 is 19.4 Å². The molecule has 0 radical (unpaired) electrons. The first-order valence-corrected chi connectivity index (χ1v) is 17.2. The molecule has 1 aromatic heterocycles. The lowest BCUT2D eigenvalue weighted by Crippen LogP contribution is -2.45. The summed E-state index contributed by atoms with van der Waals surface area (Å²) in [5.74, 6) is 0.150. The second-order valence-electron chi connectivity index (χ2n) is 12.0. The van der Waals surface area contributed by atoms with Crippen molar-refractivity contribution in [1.82, 2.24) is 10.3 Å². The van der Waals surface area contributed by atoms with E-state index in [9.17, 15) is 22.9 Å². The average Bonchev–Trinajstić information content (AvgIpc) is 3.50. The number of amides is 1. The molecule has 9 nitrogen and oxygen atoms in total. The molecule has 1 amide bonds. The molecule has 3 atom stereocenters. The zero-order valence-corrected chi connectivity index (χ0v) is 25.4. The SMILES string of the molecule is N#C[C@@H](NC(=O)[C@@H]1CCCC[C@H]1c1oc(-c2ccc(F)cc2)nc1-c1ccc(N2CCS(=O)(=O)CC2)cc1)C1CCOCC1. The lowest BCUT2D eigenvalue weighted by molar-refractivity contribution is -0.127. The van der Waals surface area contributed by atoms with Crippen LogP contribution in [0.2, 0.25) is 0 Å². The van der Waals surface area contributed by atoms with E-state index in [1.165, 1.54) is 12.1 Å². The minimum Gasteiger partial charge on any atom is -0.440 e. The van der Waals surface area contributed by atoms with Crippen LogP contribution in [0.15, 0.2) is 52.9 Å². The number of aromatic nitrogens is 1. The molecule has 1 saturated carbocycles. The number of sulfone groups is 1. The largest absolute Gasteiger partial charge is 0.440 e. The number of oxazole rings is 1. The van der Waals surface area contributed by atoms with Crippen LogP contribution in [0.3, 0.4) is 0 Å². The summed E-state index contributed by atoms with van der Waals surface area (Å²) in [4.78, 5) is 20.7. The first-order chi connectivity index (χ1) is 21.3. The van der Waals surface area contributed by atoms with Gasteiger partial charge in [-0.3, -0.25) is 4.79 Å². The maximum Gasteiger partial charge on any atom is 0.226 e. The summed E-state index contributed by atoms with van der Waals surface area (Å²) in [5, 5.41) is 13.0. The fraction of sp³-hybridized carbons (Fsp3) is 0.485. The number of carbonyl (C=O) groups is 1. The monoisotopic (exact) mass is 620 g/mol. The van der Waals surface area contributed by atoms with Crippen LogP contribution in [0, 0.1) is 29.0 Å². The Morgan fingerprint density at radius 1 is 0.977 bits per heavy atom. The van der Waals surface area contributed by atoms with Crippen LogP contribution in [-0.4, -0.2) is 63.2 Å². The Kier molecular flexibility index (Phi) is 9.01.